The van der Waals surface area contributed by atoms with Crippen LogP contribution < -0.4 is 4.74 Å². The molecule has 0 radical (unpaired) electrons. The zero-order chi connectivity index (χ0) is 30.6. The number of carbonyl (C=O) groups is 1. The monoisotopic (exact) mass is 609 g/mol. The van der Waals surface area contributed by atoms with Gasteiger partial charge >= 0.3 is 0 Å². The lowest BCUT2D eigenvalue weighted by atomic mass is 9.95. The number of para-hydroxylation sites is 2. The normalized spacial score (nSPS) is 13.7. The summed E-state index contributed by atoms with van der Waals surface area (Å²) in [6.07, 6.45) is 5.73. The molecule has 0 spiro atoms. The van der Waals surface area contributed by atoms with Crippen molar-refractivity contribution in [3.05, 3.63) is 107 Å². The quantitative estimate of drug-likeness (QED) is 0.167. The molecule has 7 heteroatoms. The van der Waals surface area contributed by atoms with Gasteiger partial charge in [-0.2, -0.15) is 0 Å². The molecule has 5 aromatic rings. The van der Waals surface area contributed by atoms with E-state index in [2.05, 4.69) is 10.6 Å². The van der Waals surface area contributed by atoms with Gasteiger partial charge in [0.2, 0.25) is 0 Å². The summed E-state index contributed by atoms with van der Waals surface area (Å²) in [6.45, 7) is 5.35. The number of ether oxygens (including phenoxy) is 1. The van der Waals surface area contributed by atoms with Crippen molar-refractivity contribution in [2.24, 2.45) is 0 Å². The number of halogens is 2. The first-order valence-electron chi connectivity index (χ1n) is 15.5. The minimum Gasteiger partial charge on any atom is -0.489 e. The summed E-state index contributed by atoms with van der Waals surface area (Å²) in [7, 11) is 0. The maximum atomic E-state index is 15.9. The van der Waals surface area contributed by atoms with Gasteiger partial charge in [-0.25, -0.2) is 9.37 Å². The molecular formula is C37H37ClFN3O2. The van der Waals surface area contributed by atoms with Crippen molar-refractivity contribution in [1.29, 1.82) is 0 Å². The summed E-state index contributed by atoms with van der Waals surface area (Å²) in [4.78, 5) is 19.8. The minimum atomic E-state index is -0.377. The van der Waals surface area contributed by atoms with E-state index in [0.717, 1.165) is 40.6 Å². The largest absolute Gasteiger partial charge is 0.489 e. The third-order valence-electron chi connectivity index (χ3n) is 8.67. The van der Waals surface area contributed by atoms with E-state index in [1.807, 2.05) is 74.5 Å². The predicted molar refractivity (Wildman–Crippen MR) is 176 cm³/mol. The van der Waals surface area contributed by atoms with Crippen LogP contribution in [0, 0.1) is 5.82 Å². The lowest BCUT2D eigenvalue weighted by Gasteiger charge is -2.25. The number of carbonyl (C=O) groups excluding carboxylic acids is 1. The molecule has 5 nitrogen and oxygen atoms in total. The van der Waals surface area contributed by atoms with E-state index in [9.17, 15) is 4.79 Å². The molecular weight excluding hydrogens is 573 g/mol. The fraction of sp³-hybridized carbons (Fsp3) is 0.297. The molecule has 1 aromatic heterocycles. The Kier molecular flexibility index (Phi) is 8.99. The van der Waals surface area contributed by atoms with E-state index in [4.69, 9.17) is 21.3 Å². The summed E-state index contributed by atoms with van der Waals surface area (Å²) in [5.74, 6) is 0.664. The van der Waals surface area contributed by atoms with E-state index in [1.54, 1.807) is 17.0 Å². The van der Waals surface area contributed by atoms with Gasteiger partial charge in [0.15, 0.2) is 0 Å². The van der Waals surface area contributed by atoms with Crippen LogP contribution in [0.2, 0.25) is 5.02 Å². The molecule has 0 aliphatic heterocycles. The highest BCUT2D eigenvalue weighted by atomic mass is 35.5. The van der Waals surface area contributed by atoms with Crippen LogP contribution >= 0.6 is 11.6 Å². The van der Waals surface area contributed by atoms with E-state index in [0.29, 0.717) is 46.9 Å². The number of hydrogen-bond acceptors (Lipinski definition) is 3. The Labute approximate surface area is 263 Å². The standard InChI is InChI=1S/C37H37ClFN3O2/c1-3-41(4-2)37(43)26-16-20-31(25-14-17-28(38)18-15-25)27(22-26)24-44-30-19-21-32(33(39)23-30)36-40-34-12-8-9-13-35(34)42(36)29-10-6-5-7-11-29/h8-9,12-23,29H,3-7,10-11,24H2,1-2H3. The van der Waals surface area contributed by atoms with Crippen LogP contribution in [0.3, 0.4) is 0 Å². The fourth-order valence-corrected chi connectivity index (χ4v) is 6.45. The van der Waals surface area contributed by atoms with Gasteiger partial charge < -0.3 is 14.2 Å². The number of amides is 1. The molecule has 0 atom stereocenters. The summed E-state index contributed by atoms with van der Waals surface area (Å²) in [5.41, 5.74) is 5.69. The zero-order valence-electron chi connectivity index (χ0n) is 25.2. The predicted octanol–water partition coefficient (Wildman–Crippen LogP) is 9.73. The summed E-state index contributed by atoms with van der Waals surface area (Å²) >= 11 is 6.15. The van der Waals surface area contributed by atoms with Gasteiger partial charge in [-0.1, -0.05) is 61.2 Å². The second-order valence-corrected chi connectivity index (χ2v) is 11.8. The molecule has 0 unspecified atom stereocenters. The van der Waals surface area contributed by atoms with Gasteiger partial charge in [0.1, 0.15) is 24.0 Å². The van der Waals surface area contributed by atoms with Crippen molar-refractivity contribution in [2.45, 2.75) is 58.6 Å². The van der Waals surface area contributed by atoms with Crippen LogP contribution in [-0.4, -0.2) is 33.4 Å². The van der Waals surface area contributed by atoms with Crippen molar-refractivity contribution < 1.29 is 13.9 Å². The molecule has 4 aromatic carbocycles. The molecule has 44 heavy (non-hydrogen) atoms. The highest BCUT2D eigenvalue weighted by Gasteiger charge is 2.24. The molecule has 6 rings (SSSR count). The van der Waals surface area contributed by atoms with Crippen molar-refractivity contribution in [3.63, 3.8) is 0 Å². The first-order chi connectivity index (χ1) is 21.5. The van der Waals surface area contributed by atoms with E-state index in [1.165, 1.54) is 25.3 Å². The van der Waals surface area contributed by atoms with Crippen LogP contribution in [0.15, 0.2) is 84.9 Å². The second kappa shape index (κ2) is 13.2. The summed E-state index contributed by atoms with van der Waals surface area (Å²) in [5, 5.41) is 0.646. The average molecular weight is 610 g/mol. The third-order valence-corrected chi connectivity index (χ3v) is 8.92. The Balaban J connectivity index is 1.31. The van der Waals surface area contributed by atoms with Gasteiger partial charge in [0.25, 0.3) is 5.91 Å². The fourth-order valence-electron chi connectivity index (χ4n) is 6.32. The smallest absolute Gasteiger partial charge is 0.253 e. The van der Waals surface area contributed by atoms with Gasteiger partial charge in [-0.3, -0.25) is 4.79 Å². The Morgan fingerprint density at radius 1 is 0.932 bits per heavy atom. The topological polar surface area (TPSA) is 47.4 Å². The third kappa shape index (κ3) is 6.09. The van der Waals surface area contributed by atoms with Gasteiger partial charge in [-0.05, 0) is 91.9 Å². The second-order valence-electron chi connectivity index (χ2n) is 11.4. The minimum absolute atomic E-state index is 0.0323. The molecule has 1 saturated carbocycles. The number of hydrogen-bond donors (Lipinski definition) is 0. The molecule has 1 fully saturated rings. The lowest BCUT2D eigenvalue weighted by molar-refractivity contribution is 0.0773. The molecule has 1 aliphatic carbocycles. The van der Waals surface area contributed by atoms with E-state index < -0.39 is 0 Å². The highest BCUT2D eigenvalue weighted by Crippen LogP contribution is 2.37. The molecule has 0 N–H and O–H groups in total. The Morgan fingerprint density at radius 3 is 2.39 bits per heavy atom. The Bertz CT molecular complexity index is 1770. The summed E-state index contributed by atoms with van der Waals surface area (Å²) < 4.78 is 24.3. The van der Waals surface area contributed by atoms with Crippen LogP contribution in [-0.2, 0) is 6.61 Å². The molecule has 1 aliphatic rings. The SMILES string of the molecule is CCN(CC)C(=O)c1ccc(-c2ccc(Cl)cc2)c(COc2ccc(-c3nc4ccccc4n3C3CCCCC3)c(F)c2)c1. The Hall–Kier alpha value is -4.16. The van der Waals surface area contributed by atoms with Crippen molar-refractivity contribution >= 4 is 28.5 Å². The number of rotatable bonds is 9. The van der Waals surface area contributed by atoms with E-state index >= 15 is 4.39 Å². The number of aromatic nitrogens is 2. The average Bonchev–Trinajstić information content (AvgIpc) is 3.44. The first-order valence-corrected chi connectivity index (χ1v) is 15.9. The zero-order valence-corrected chi connectivity index (χ0v) is 26.0. The first kappa shape index (κ1) is 29.9. The number of imidazole rings is 1. The molecule has 1 heterocycles. The highest BCUT2D eigenvalue weighted by molar-refractivity contribution is 6.30. The van der Waals surface area contributed by atoms with Crippen LogP contribution in [0.25, 0.3) is 33.5 Å². The van der Waals surface area contributed by atoms with Gasteiger partial charge in [-0.15, -0.1) is 0 Å². The maximum absolute atomic E-state index is 15.9. The number of benzene rings is 4. The van der Waals surface area contributed by atoms with E-state index in [-0.39, 0.29) is 18.3 Å². The van der Waals surface area contributed by atoms with Crippen LogP contribution in [0.5, 0.6) is 5.75 Å². The van der Waals surface area contributed by atoms with Crippen LogP contribution in [0.1, 0.15) is 67.9 Å². The number of nitrogens with zero attached hydrogens (tertiary/aromatic N) is 3. The maximum Gasteiger partial charge on any atom is 0.253 e. The molecule has 0 bridgehead atoms. The number of fused-ring (bicyclic) bond motifs is 1. The van der Waals surface area contributed by atoms with Crippen molar-refractivity contribution in [3.8, 4) is 28.3 Å². The van der Waals surface area contributed by atoms with Crippen LogP contribution in [0.4, 0.5) is 4.39 Å². The molecule has 0 saturated heterocycles. The van der Waals surface area contributed by atoms with Crippen molar-refractivity contribution in [1.82, 2.24) is 14.5 Å². The van der Waals surface area contributed by atoms with Gasteiger partial charge in [0, 0.05) is 35.8 Å². The summed E-state index contributed by atoms with van der Waals surface area (Å²) in [6, 6.07) is 26.6. The van der Waals surface area contributed by atoms with Crippen molar-refractivity contribution in [2.75, 3.05) is 13.1 Å². The Morgan fingerprint density at radius 2 is 1.66 bits per heavy atom. The molecule has 1 amide bonds. The van der Waals surface area contributed by atoms with Gasteiger partial charge in [0.05, 0.1) is 16.6 Å². The molecule has 226 valence electrons. The lowest BCUT2D eigenvalue weighted by Crippen LogP contribution is -2.30.